The lowest BCUT2D eigenvalue weighted by molar-refractivity contribution is -0.873. The molecule has 1 atom stereocenters. The molecule has 0 aliphatic rings. The lowest BCUT2D eigenvalue weighted by Gasteiger charge is -2.26. The minimum Gasteiger partial charge on any atom is -0.550 e. The molecule has 0 aromatic heterocycles. The number of aliphatic hydroxyl groups is 1. The van der Waals surface area contributed by atoms with Crippen molar-refractivity contribution in [2.24, 2.45) is 0 Å². The highest BCUT2D eigenvalue weighted by Gasteiger charge is 2.15. The van der Waals surface area contributed by atoms with E-state index in [-0.39, 0.29) is 18.7 Å². The van der Waals surface area contributed by atoms with Crippen LogP contribution in [0.4, 0.5) is 0 Å². The molecule has 0 fully saturated rings. The second-order valence-electron chi connectivity index (χ2n) is 7.24. The number of nitrogens with zero attached hydrogens (tertiary/aromatic N) is 2. The summed E-state index contributed by atoms with van der Waals surface area (Å²) in [6.45, 7) is 0.655. The quantitative estimate of drug-likeness (QED) is 0.368. The third-order valence-electron chi connectivity index (χ3n) is 2.15. The van der Waals surface area contributed by atoms with Gasteiger partial charge in [0.2, 0.25) is 0 Å². The van der Waals surface area contributed by atoms with Crippen molar-refractivity contribution < 1.29 is 38.7 Å². The zero-order chi connectivity index (χ0) is 18.1. The molecular formula is C14H28N2O6. The molecule has 0 radical (unpaired) electrons. The summed E-state index contributed by atoms with van der Waals surface area (Å²) in [6, 6.07) is 0. The Morgan fingerprint density at radius 1 is 0.909 bits per heavy atom. The van der Waals surface area contributed by atoms with Crippen molar-refractivity contribution in [2.45, 2.75) is 18.9 Å². The van der Waals surface area contributed by atoms with Crippen LogP contribution >= 0.6 is 0 Å². The lowest BCUT2D eigenvalue weighted by Crippen LogP contribution is -2.43. The normalized spacial score (nSPS) is 12.9. The van der Waals surface area contributed by atoms with Crippen LogP contribution in [0, 0.1) is 0 Å². The second kappa shape index (κ2) is 9.50. The van der Waals surface area contributed by atoms with Crippen LogP contribution in [0.1, 0.15) is 12.8 Å². The van der Waals surface area contributed by atoms with Crippen molar-refractivity contribution in [2.75, 3.05) is 55.4 Å². The highest BCUT2D eigenvalue weighted by Crippen LogP contribution is 1.97. The van der Waals surface area contributed by atoms with Crippen LogP contribution < -0.4 is 10.2 Å². The third kappa shape index (κ3) is 20.8. The van der Waals surface area contributed by atoms with Gasteiger partial charge in [0, 0.05) is 18.4 Å². The Bertz CT molecular complexity index is 382. The van der Waals surface area contributed by atoms with Gasteiger partial charge in [-0.05, 0) is 0 Å². The molecule has 0 rings (SSSR count). The van der Waals surface area contributed by atoms with Crippen molar-refractivity contribution in [3.8, 4) is 0 Å². The molecule has 0 unspecified atom stereocenters. The molecule has 1 N–H and O–H groups in total. The molecule has 22 heavy (non-hydrogen) atoms. The molecule has 0 aromatic carbocycles. The number of quaternary nitrogens is 2. The van der Waals surface area contributed by atoms with E-state index in [0.29, 0.717) is 15.5 Å². The van der Waals surface area contributed by atoms with Crippen LogP contribution in [0.5, 0.6) is 0 Å². The first-order valence-corrected chi connectivity index (χ1v) is 6.83. The van der Waals surface area contributed by atoms with Gasteiger partial charge in [-0.25, -0.2) is 0 Å². The average Bonchev–Trinajstić information content (AvgIpc) is 2.07. The molecule has 0 aliphatic heterocycles. The molecule has 0 saturated heterocycles. The number of hydrogen-bond acceptors (Lipinski definition) is 6. The Labute approximate surface area is 131 Å². The Morgan fingerprint density at radius 2 is 1.36 bits per heavy atom. The van der Waals surface area contributed by atoms with E-state index in [1.165, 1.54) is 0 Å². The Kier molecular flexibility index (Phi) is 9.83. The first-order valence-electron chi connectivity index (χ1n) is 6.83. The molecule has 0 amide bonds. The van der Waals surface area contributed by atoms with Crippen LogP contribution in [0.25, 0.3) is 0 Å². The standard InChI is InChI=1S/C7H15NO3.C7H13NO3/c2*1-8(2,3)5-6(9)4-7(10)11/h6,9H,4-5H2,1-3H3;4-5H2,1-3H3/t6-;/m0./s1. The Morgan fingerprint density at radius 3 is 1.64 bits per heavy atom. The van der Waals surface area contributed by atoms with Crippen molar-refractivity contribution in [3.63, 3.8) is 0 Å². The molecule has 0 heterocycles. The predicted molar refractivity (Wildman–Crippen MR) is 76.1 cm³/mol. The monoisotopic (exact) mass is 320 g/mol. The summed E-state index contributed by atoms with van der Waals surface area (Å²) in [6.07, 6.45) is -1.56. The van der Waals surface area contributed by atoms with E-state index in [9.17, 15) is 24.6 Å². The smallest absolute Gasteiger partial charge is 0.192 e. The van der Waals surface area contributed by atoms with Gasteiger partial charge in [-0.15, -0.1) is 0 Å². The number of rotatable bonds is 8. The largest absolute Gasteiger partial charge is 0.550 e. The minimum absolute atomic E-state index is 0.230. The van der Waals surface area contributed by atoms with E-state index >= 15 is 0 Å². The van der Waals surface area contributed by atoms with Gasteiger partial charge in [-0.2, -0.15) is 0 Å². The topological polar surface area (TPSA) is 118 Å². The summed E-state index contributed by atoms with van der Waals surface area (Å²) in [4.78, 5) is 30.8. The average molecular weight is 320 g/mol. The number of hydrogen-bond donors (Lipinski definition) is 1. The maximum absolute atomic E-state index is 10.8. The maximum Gasteiger partial charge on any atom is 0.192 e. The van der Waals surface area contributed by atoms with Crippen molar-refractivity contribution in [3.05, 3.63) is 0 Å². The van der Waals surface area contributed by atoms with Gasteiger partial charge in [0.15, 0.2) is 5.78 Å². The molecule has 8 nitrogen and oxygen atoms in total. The minimum atomic E-state index is -1.30. The van der Waals surface area contributed by atoms with Crippen LogP contribution in [0.3, 0.4) is 0 Å². The van der Waals surface area contributed by atoms with Gasteiger partial charge in [0.1, 0.15) is 19.2 Å². The van der Waals surface area contributed by atoms with Gasteiger partial charge in [0.25, 0.3) is 0 Å². The zero-order valence-corrected chi connectivity index (χ0v) is 14.3. The fourth-order valence-corrected chi connectivity index (χ4v) is 1.64. The Balaban J connectivity index is 0. The van der Waals surface area contributed by atoms with Crippen LogP contribution in [0.2, 0.25) is 0 Å². The Hall–Kier alpha value is -1.51. The second-order valence-corrected chi connectivity index (χ2v) is 7.24. The third-order valence-corrected chi connectivity index (χ3v) is 2.15. The van der Waals surface area contributed by atoms with Gasteiger partial charge in [0.05, 0.1) is 48.7 Å². The lowest BCUT2D eigenvalue weighted by atomic mass is 10.2. The van der Waals surface area contributed by atoms with E-state index in [2.05, 4.69) is 0 Å². The summed E-state index contributed by atoms with van der Waals surface area (Å²) in [5.41, 5.74) is 0. The first-order chi connectivity index (χ1) is 9.62. The molecular weight excluding hydrogens is 292 g/mol. The highest BCUT2D eigenvalue weighted by atomic mass is 16.4. The van der Waals surface area contributed by atoms with E-state index in [0.717, 1.165) is 0 Å². The van der Waals surface area contributed by atoms with Crippen molar-refractivity contribution in [1.29, 1.82) is 0 Å². The van der Waals surface area contributed by atoms with E-state index in [1.807, 2.05) is 42.3 Å². The number of aliphatic hydroxyl groups excluding tert-OH is 1. The van der Waals surface area contributed by atoms with E-state index < -0.39 is 24.5 Å². The number of likely N-dealkylation sites (N-methyl/N-ethyl adjacent to an activating group) is 2. The number of carbonyl (C=O) groups excluding carboxylic acids is 3. The van der Waals surface area contributed by atoms with Gasteiger partial charge in [-0.1, -0.05) is 0 Å². The van der Waals surface area contributed by atoms with Gasteiger partial charge < -0.3 is 33.9 Å². The van der Waals surface area contributed by atoms with Crippen molar-refractivity contribution >= 4 is 17.7 Å². The first kappa shape index (κ1) is 22.8. The number of Topliss-reactive ketones (excluding diaryl/α,β-unsaturated/α-hetero) is 1. The number of carboxylic acid groups (broad SMARTS) is 2. The van der Waals surface area contributed by atoms with Crippen LogP contribution in [-0.2, 0) is 14.4 Å². The van der Waals surface area contributed by atoms with Gasteiger partial charge >= 0.3 is 0 Å². The van der Waals surface area contributed by atoms with E-state index in [1.54, 1.807) is 0 Å². The molecule has 0 bridgehead atoms. The molecule has 0 spiro atoms. The number of carboxylic acids is 2. The van der Waals surface area contributed by atoms with Crippen molar-refractivity contribution in [1.82, 2.24) is 0 Å². The molecule has 0 aliphatic carbocycles. The number of carbonyl (C=O) groups is 3. The summed E-state index contributed by atoms with van der Waals surface area (Å²) in [5, 5.41) is 29.1. The maximum atomic E-state index is 10.8. The number of ketones is 1. The van der Waals surface area contributed by atoms with Gasteiger partial charge in [-0.3, -0.25) is 4.79 Å². The predicted octanol–water partition coefficient (Wildman–Crippen LogP) is -3.40. The summed E-state index contributed by atoms with van der Waals surface area (Å²) < 4.78 is 1.00. The van der Waals surface area contributed by atoms with E-state index in [4.69, 9.17) is 5.11 Å². The zero-order valence-electron chi connectivity index (χ0n) is 14.3. The molecule has 0 saturated carbocycles. The summed E-state index contributed by atoms with van der Waals surface area (Å²) in [5.74, 6) is -2.80. The molecule has 8 heteroatoms. The fourth-order valence-electron chi connectivity index (χ4n) is 1.64. The fraction of sp³-hybridized carbons (Fsp3) is 0.786. The molecule has 130 valence electrons. The summed E-state index contributed by atoms with van der Waals surface area (Å²) in [7, 11) is 11.1. The number of aliphatic carboxylic acids is 2. The molecule has 0 aromatic rings. The van der Waals surface area contributed by atoms with Crippen LogP contribution in [-0.4, -0.2) is 93.3 Å². The van der Waals surface area contributed by atoms with Crippen LogP contribution in [0.15, 0.2) is 0 Å². The summed E-state index contributed by atoms with van der Waals surface area (Å²) >= 11 is 0. The highest BCUT2D eigenvalue weighted by molar-refractivity contribution is 5.94. The SMILES string of the molecule is C[N+](C)(C)CC(=O)CC(=O)[O-].C[N+](C)(C)C[C@@H](O)CC(=O)[O-].